The number of likely N-dealkylation sites (tertiary alicyclic amines) is 1. The summed E-state index contributed by atoms with van der Waals surface area (Å²) in [5, 5.41) is 2.26. The molecule has 4 nitrogen and oxygen atoms in total. The lowest BCUT2D eigenvalue weighted by atomic mass is 9.84. The maximum atomic E-state index is 12.7. The number of rotatable bonds is 3. The Balaban J connectivity index is 1.44. The van der Waals surface area contributed by atoms with E-state index in [-0.39, 0.29) is 17.6 Å². The molecule has 126 valence electrons. The van der Waals surface area contributed by atoms with E-state index in [2.05, 4.69) is 6.07 Å². The van der Waals surface area contributed by atoms with Gasteiger partial charge in [-0.2, -0.15) is 0 Å². The number of nitrogens with zero attached hydrogens (tertiary/aromatic N) is 1. The molecule has 2 aliphatic heterocycles. The van der Waals surface area contributed by atoms with Gasteiger partial charge in [0.2, 0.25) is 0 Å². The molecule has 2 fully saturated rings. The molecule has 1 amide bonds. The molecule has 4 heteroatoms. The molecule has 0 unspecified atom stereocenters. The number of hydrogen-bond acceptors (Lipinski definition) is 3. The van der Waals surface area contributed by atoms with Gasteiger partial charge in [-0.05, 0) is 36.2 Å². The van der Waals surface area contributed by atoms with Gasteiger partial charge < -0.3 is 14.4 Å². The van der Waals surface area contributed by atoms with Crippen molar-refractivity contribution in [2.75, 3.05) is 26.3 Å². The minimum atomic E-state index is -0.190. The highest BCUT2D eigenvalue weighted by atomic mass is 16.5. The van der Waals surface area contributed by atoms with Crippen LogP contribution < -0.4 is 0 Å². The highest BCUT2D eigenvalue weighted by Crippen LogP contribution is 2.36. The average Bonchev–Trinajstić information content (AvgIpc) is 2.59. The van der Waals surface area contributed by atoms with Crippen LogP contribution in [0.2, 0.25) is 0 Å². The zero-order valence-corrected chi connectivity index (χ0v) is 14.0. The highest BCUT2D eigenvalue weighted by Gasteiger charge is 2.49. The molecular formula is C20H23NO3. The van der Waals surface area contributed by atoms with E-state index in [4.69, 9.17) is 9.47 Å². The highest BCUT2D eigenvalue weighted by molar-refractivity contribution is 5.99. The van der Waals surface area contributed by atoms with Crippen molar-refractivity contribution in [3.05, 3.63) is 48.0 Å². The van der Waals surface area contributed by atoms with E-state index in [0.29, 0.717) is 13.1 Å². The second kappa shape index (κ2) is 6.19. The Bertz CT molecular complexity index is 749. The normalized spacial score (nSPS) is 22.5. The monoisotopic (exact) mass is 325 g/mol. The second-order valence-electron chi connectivity index (χ2n) is 6.82. The van der Waals surface area contributed by atoms with Crippen LogP contribution in [0.25, 0.3) is 10.8 Å². The molecule has 1 spiro atoms. The number of fused-ring (bicyclic) bond motifs is 1. The lowest BCUT2D eigenvalue weighted by molar-refractivity contribution is -0.185. The Morgan fingerprint density at radius 3 is 2.83 bits per heavy atom. The standard InChI is InChI=1S/C20H23NO3/c1-2-23-18-9-10-24-20(12-18)13-21(14-20)19(22)17-8-7-15-5-3-4-6-16(15)11-17/h3-8,11,18H,2,9-10,12-14H2,1H3/t18-/m0/s1. The van der Waals surface area contributed by atoms with Gasteiger partial charge in [-0.25, -0.2) is 0 Å². The van der Waals surface area contributed by atoms with Crippen molar-refractivity contribution < 1.29 is 14.3 Å². The van der Waals surface area contributed by atoms with Crippen molar-refractivity contribution in [1.82, 2.24) is 4.90 Å². The van der Waals surface area contributed by atoms with Crippen LogP contribution in [-0.4, -0.2) is 48.8 Å². The molecule has 0 N–H and O–H groups in total. The summed E-state index contributed by atoms with van der Waals surface area (Å²) in [4.78, 5) is 14.6. The van der Waals surface area contributed by atoms with Crippen molar-refractivity contribution in [3.8, 4) is 0 Å². The summed E-state index contributed by atoms with van der Waals surface area (Å²) in [5.74, 6) is 0.0912. The van der Waals surface area contributed by atoms with Crippen molar-refractivity contribution >= 4 is 16.7 Å². The van der Waals surface area contributed by atoms with E-state index in [1.165, 1.54) is 0 Å². The van der Waals surface area contributed by atoms with Crippen molar-refractivity contribution in [2.24, 2.45) is 0 Å². The summed E-state index contributed by atoms with van der Waals surface area (Å²) in [7, 11) is 0. The van der Waals surface area contributed by atoms with E-state index in [1.54, 1.807) is 0 Å². The van der Waals surface area contributed by atoms with Crippen LogP contribution in [0.4, 0.5) is 0 Å². The third-order valence-corrected chi connectivity index (χ3v) is 5.09. The number of amides is 1. The summed E-state index contributed by atoms with van der Waals surface area (Å²) in [5.41, 5.74) is 0.561. The van der Waals surface area contributed by atoms with E-state index in [1.807, 2.05) is 48.2 Å². The Kier molecular flexibility index (Phi) is 4.02. The topological polar surface area (TPSA) is 38.8 Å². The van der Waals surface area contributed by atoms with E-state index < -0.39 is 0 Å². The van der Waals surface area contributed by atoms with E-state index in [0.717, 1.165) is 42.4 Å². The first-order valence-electron chi connectivity index (χ1n) is 8.73. The molecule has 24 heavy (non-hydrogen) atoms. The summed E-state index contributed by atoms with van der Waals surface area (Å²) >= 11 is 0. The van der Waals surface area contributed by atoms with Gasteiger partial charge in [0.15, 0.2) is 0 Å². The predicted octanol–water partition coefficient (Wildman–Crippen LogP) is 3.25. The van der Waals surface area contributed by atoms with Gasteiger partial charge in [-0.1, -0.05) is 30.3 Å². The molecule has 4 rings (SSSR count). The zero-order valence-electron chi connectivity index (χ0n) is 14.0. The van der Waals surface area contributed by atoms with Crippen LogP contribution in [-0.2, 0) is 9.47 Å². The van der Waals surface area contributed by atoms with Crippen LogP contribution in [0, 0.1) is 0 Å². The minimum absolute atomic E-state index is 0.0912. The predicted molar refractivity (Wildman–Crippen MR) is 93.2 cm³/mol. The average molecular weight is 325 g/mol. The molecule has 2 aliphatic rings. The van der Waals surface area contributed by atoms with Gasteiger partial charge in [0, 0.05) is 25.2 Å². The number of ether oxygens (including phenoxy) is 2. The molecule has 0 aliphatic carbocycles. The molecule has 1 atom stereocenters. The zero-order chi connectivity index (χ0) is 16.6. The van der Waals surface area contributed by atoms with Gasteiger partial charge in [0.25, 0.3) is 5.91 Å². The quantitative estimate of drug-likeness (QED) is 0.869. The minimum Gasteiger partial charge on any atom is -0.378 e. The van der Waals surface area contributed by atoms with Crippen molar-refractivity contribution in [3.63, 3.8) is 0 Å². The fourth-order valence-corrected chi connectivity index (χ4v) is 3.88. The molecule has 2 aromatic carbocycles. The van der Waals surface area contributed by atoms with Crippen molar-refractivity contribution in [2.45, 2.75) is 31.5 Å². The first kappa shape index (κ1) is 15.6. The van der Waals surface area contributed by atoms with Gasteiger partial charge in [0.1, 0.15) is 5.60 Å². The van der Waals surface area contributed by atoms with Gasteiger partial charge in [-0.15, -0.1) is 0 Å². The summed E-state index contributed by atoms with van der Waals surface area (Å²) in [6.07, 6.45) is 2.11. The number of carbonyl (C=O) groups is 1. The van der Waals surface area contributed by atoms with Crippen LogP contribution in [0.15, 0.2) is 42.5 Å². The Hall–Kier alpha value is -1.91. The van der Waals surface area contributed by atoms with Gasteiger partial charge >= 0.3 is 0 Å². The first-order chi connectivity index (χ1) is 11.7. The van der Waals surface area contributed by atoms with Crippen molar-refractivity contribution in [1.29, 1.82) is 0 Å². The summed E-state index contributed by atoms with van der Waals surface area (Å²) in [6.45, 7) is 4.83. The molecular weight excluding hydrogens is 302 g/mol. The SMILES string of the molecule is CCO[C@H]1CCOC2(C1)CN(C(=O)c1ccc3ccccc3c1)C2. The molecule has 2 heterocycles. The third kappa shape index (κ3) is 2.80. The van der Waals surface area contributed by atoms with Gasteiger partial charge in [-0.3, -0.25) is 4.79 Å². The smallest absolute Gasteiger partial charge is 0.254 e. The first-order valence-corrected chi connectivity index (χ1v) is 8.73. The lowest BCUT2D eigenvalue weighted by Crippen LogP contribution is -2.67. The number of carbonyl (C=O) groups excluding carboxylic acids is 1. The van der Waals surface area contributed by atoms with Crippen LogP contribution in [0.5, 0.6) is 0 Å². The maximum absolute atomic E-state index is 12.7. The molecule has 0 bridgehead atoms. The van der Waals surface area contributed by atoms with E-state index in [9.17, 15) is 4.79 Å². The number of benzene rings is 2. The Morgan fingerprint density at radius 2 is 2.04 bits per heavy atom. The van der Waals surface area contributed by atoms with Crippen LogP contribution >= 0.6 is 0 Å². The Morgan fingerprint density at radius 1 is 1.25 bits per heavy atom. The molecule has 0 saturated carbocycles. The molecule has 2 aromatic rings. The lowest BCUT2D eigenvalue weighted by Gasteiger charge is -2.53. The molecule has 0 aromatic heterocycles. The summed E-state index contributed by atoms with van der Waals surface area (Å²) in [6, 6.07) is 14.0. The van der Waals surface area contributed by atoms with Gasteiger partial charge in [0.05, 0.1) is 19.2 Å². The summed E-state index contributed by atoms with van der Waals surface area (Å²) < 4.78 is 11.7. The molecule has 0 radical (unpaired) electrons. The van der Waals surface area contributed by atoms with Crippen LogP contribution in [0.1, 0.15) is 30.1 Å². The Labute approximate surface area is 142 Å². The molecule has 2 saturated heterocycles. The second-order valence-corrected chi connectivity index (χ2v) is 6.82. The maximum Gasteiger partial charge on any atom is 0.254 e. The largest absolute Gasteiger partial charge is 0.378 e. The van der Waals surface area contributed by atoms with E-state index >= 15 is 0 Å². The fraction of sp³-hybridized carbons (Fsp3) is 0.450. The fourth-order valence-electron chi connectivity index (χ4n) is 3.88. The van der Waals surface area contributed by atoms with Crippen LogP contribution in [0.3, 0.4) is 0 Å². The third-order valence-electron chi connectivity index (χ3n) is 5.09. The number of hydrogen-bond donors (Lipinski definition) is 0.